The molecular weight excluding hydrogens is 1450 g/mol. The number of hydrogen-bond donors (Lipinski definition) is 8. The van der Waals surface area contributed by atoms with Crippen molar-refractivity contribution in [2.75, 3.05) is 52.0 Å². The Morgan fingerprint density at radius 1 is 0.817 bits per heavy atom. The number of carbonyl (C=O) groups is 7. The number of methoxy groups -OCH3 is 1. The fraction of sp³-hybridized carbons (Fsp3) is 0.373. The number of morpholine rings is 1. The van der Waals surface area contributed by atoms with Crippen molar-refractivity contribution in [1.29, 1.82) is 0 Å². The number of nitrogens with zero attached hydrogens (tertiary/aromatic N) is 9. The number of hydrogen-bond acceptors (Lipinski definition) is 31. The molecule has 12 bridgehead atoms. The third-order valence-electron chi connectivity index (χ3n) is 18.6. The Morgan fingerprint density at radius 2 is 1.53 bits per heavy atom. The third kappa shape index (κ3) is 13.3. The summed E-state index contributed by atoms with van der Waals surface area (Å²) in [4.78, 5) is 143. The van der Waals surface area contributed by atoms with Crippen molar-refractivity contribution in [2.24, 2.45) is 5.73 Å². The first-order valence-electron chi connectivity index (χ1n) is 32.6. The number of aromatic nitrogens is 8. The summed E-state index contributed by atoms with van der Waals surface area (Å²) < 4.78 is 51.5. The molecule has 8 aromatic heterocycles. The van der Waals surface area contributed by atoms with Crippen molar-refractivity contribution in [3.05, 3.63) is 135 Å². The molecule has 104 heavy (non-hydrogen) atoms. The van der Waals surface area contributed by atoms with E-state index in [0.29, 0.717) is 42.8 Å². The average molecular weight is 1510 g/mol. The van der Waals surface area contributed by atoms with Crippen LogP contribution in [0.2, 0.25) is 0 Å². The molecule has 0 spiro atoms. The summed E-state index contributed by atoms with van der Waals surface area (Å²) in [6, 6.07) is 5.58. The van der Waals surface area contributed by atoms with Gasteiger partial charge in [0.05, 0.1) is 50.8 Å². The lowest BCUT2D eigenvalue weighted by molar-refractivity contribution is -0.269. The van der Waals surface area contributed by atoms with Gasteiger partial charge in [0.1, 0.15) is 137 Å². The molecule has 1 aromatic carbocycles. The van der Waals surface area contributed by atoms with Crippen LogP contribution in [0, 0.1) is 0 Å². The van der Waals surface area contributed by atoms with Gasteiger partial charge in [-0.2, -0.15) is 0 Å². The number of carbonyl (C=O) groups excluding carboxylic acids is 7. The zero-order chi connectivity index (χ0) is 72.6. The van der Waals surface area contributed by atoms with Gasteiger partial charge in [0.2, 0.25) is 5.91 Å². The molecule has 0 radical (unpaired) electrons. The number of likely N-dealkylation sites (N-methyl/N-ethyl adjacent to an activating group) is 1. The van der Waals surface area contributed by atoms with Crippen LogP contribution in [-0.2, 0) is 60.7 Å². The van der Waals surface area contributed by atoms with E-state index in [-0.39, 0.29) is 112 Å². The molecule has 540 valence electrons. The largest absolute Gasteiger partial charge is 0.506 e. The van der Waals surface area contributed by atoms with Crippen LogP contribution in [0.4, 0.5) is 5.82 Å². The number of aliphatic hydroxyl groups is 1. The molecule has 3 fully saturated rings. The molecule has 9 N–H and O–H groups in total. The fourth-order valence-corrected chi connectivity index (χ4v) is 17.8. The molecule has 6 aliphatic heterocycles. The van der Waals surface area contributed by atoms with Gasteiger partial charge in [-0.05, 0) is 64.6 Å². The number of aromatic hydroxyl groups is 1. The number of H-pyrrole nitrogens is 1. The summed E-state index contributed by atoms with van der Waals surface area (Å²) in [5.41, 5.74) is 5.85. The van der Waals surface area contributed by atoms with Crippen LogP contribution in [-0.4, -0.2) is 192 Å². The number of thiazole rings is 5. The number of nitrogens with two attached hydrogens (primary N) is 1. The van der Waals surface area contributed by atoms with E-state index in [9.17, 15) is 24.6 Å². The highest BCUT2D eigenvalue weighted by atomic mass is 32.1. The molecule has 11 atom stereocenters. The van der Waals surface area contributed by atoms with Gasteiger partial charge >= 0.3 is 11.9 Å². The molecular formula is C67H65N15O17S5. The van der Waals surface area contributed by atoms with Crippen molar-refractivity contribution in [1.82, 2.24) is 66.0 Å². The van der Waals surface area contributed by atoms with Crippen LogP contribution in [0.25, 0.3) is 49.3 Å². The monoisotopic (exact) mass is 1510 g/mol. The maximum Gasteiger partial charge on any atom is 0.355 e. The Bertz CT molecular complexity index is 4930. The Balaban J connectivity index is 0.856. The number of aliphatic hydroxyl groups excluding tert-OH is 1. The molecule has 11 unspecified atom stereocenters. The molecule has 0 aliphatic carbocycles. The van der Waals surface area contributed by atoms with E-state index in [1.807, 2.05) is 33.0 Å². The fourth-order valence-electron chi connectivity index (χ4n) is 13.6. The highest BCUT2D eigenvalue weighted by Gasteiger charge is 2.58. The first kappa shape index (κ1) is 70.0. The van der Waals surface area contributed by atoms with Crippen LogP contribution in [0.5, 0.6) is 5.75 Å². The summed E-state index contributed by atoms with van der Waals surface area (Å²) in [7, 11) is 3.27. The quantitative estimate of drug-likeness (QED) is 0.0649. The van der Waals surface area contributed by atoms with Crippen molar-refractivity contribution < 1.29 is 81.7 Å². The van der Waals surface area contributed by atoms with Gasteiger partial charge in [-0.25, -0.2) is 44.5 Å². The Labute approximate surface area is 610 Å². The number of allylic oxidation sites excluding steroid dienone is 1. The van der Waals surface area contributed by atoms with Crippen LogP contribution < -0.4 is 31.9 Å². The Kier molecular flexibility index (Phi) is 19.1. The maximum atomic E-state index is 15.5. The summed E-state index contributed by atoms with van der Waals surface area (Å²) >= 11 is 4.80. The minimum Gasteiger partial charge on any atom is -0.506 e. The van der Waals surface area contributed by atoms with Gasteiger partial charge in [-0.3, -0.25) is 28.9 Å². The standard InChI is InChI=1S/C67H65N15O17S5/c1-27(83)45-58(89)79-46(28(2)92-6)61-75-40(26-103-61)57(88)80-50-51-52(98-43-17-67(4)53(29(3)97-43)81(5)64(99-67)30-10-11-42(69-18-30)82-12-14-93-15-13-82)66(91)95-19-31-8-7-9-34-44(31)33(20-94-51)48(70-34)65(90)96-21-35(71-55(86)38-25-104-63(50)76-38)60-72-36(22-101-60)47-32(59-74-39(24-100-59)56(87)78-45)16-41(84)49(77-47)62-73-37(23-102-62)54(68)85/h7-11,16,18,22-27,29,35,43,45,50-53,64,70,83-84H,12-15,17,19-21H2,1-6H3,(H2,68,85)(H,71,86)(H,78,87)(H,79,89)(H,80,88)/b46-28+. The summed E-state index contributed by atoms with van der Waals surface area (Å²) in [6.07, 6.45) is -5.63. The minimum atomic E-state index is -1.83. The minimum absolute atomic E-state index is 0.00493. The molecule has 37 heteroatoms. The van der Waals surface area contributed by atoms with Gasteiger partial charge in [-0.1, -0.05) is 12.1 Å². The molecule has 0 saturated carbocycles. The van der Waals surface area contributed by atoms with Crippen LogP contribution in [0.1, 0.15) is 137 Å². The van der Waals surface area contributed by atoms with Crippen molar-refractivity contribution >= 4 is 121 Å². The third-order valence-corrected chi connectivity index (χ3v) is 23.1. The number of rotatable bonds is 8. The second-order valence-electron chi connectivity index (χ2n) is 25.4. The second kappa shape index (κ2) is 28.4. The number of esters is 2. The van der Waals surface area contributed by atoms with Gasteiger partial charge < -0.3 is 85.0 Å². The predicted octanol–water partition coefficient (Wildman–Crippen LogP) is 5.89. The SMILES string of the molecule is CO/C(C)=C1/NC(=O)C(C(C)O)NC(=O)c2csc(n2)-c2cc(O)c(-c3nc(C(N)=O)cs3)nc2-c2csc(n2)C2COC(=O)c3[nH]c4cccc5c4c3COC(C(OC3CC4(C)OC(c6ccc(N7CCOCC7)nc6)N(C)C4C(C)O3)C(=O)OC5)C(NC(=O)c3csc1n3)c1nc(cs1)C(=O)N2. The Hall–Kier alpha value is -9.64. The van der Waals surface area contributed by atoms with Crippen LogP contribution in [0.15, 0.2) is 75.3 Å². The van der Waals surface area contributed by atoms with E-state index >= 15 is 19.2 Å². The van der Waals surface area contributed by atoms with Crippen LogP contribution in [0.3, 0.4) is 0 Å². The molecule has 14 heterocycles. The van der Waals surface area contributed by atoms with E-state index in [1.165, 1.54) is 48.5 Å². The zero-order valence-electron chi connectivity index (χ0n) is 56.0. The molecule has 15 rings (SSSR count). The lowest BCUT2D eigenvalue weighted by atomic mass is 9.86. The predicted molar refractivity (Wildman–Crippen MR) is 375 cm³/mol. The van der Waals surface area contributed by atoms with Gasteiger partial charge in [-0.15, -0.1) is 56.7 Å². The number of aromatic amines is 1. The van der Waals surface area contributed by atoms with E-state index in [0.717, 1.165) is 68.1 Å². The van der Waals surface area contributed by atoms with E-state index in [2.05, 4.69) is 51.0 Å². The molecule has 3 saturated heterocycles. The first-order valence-corrected chi connectivity index (χ1v) is 37.0. The number of amides is 5. The molecule has 9 aromatic rings. The van der Waals surface area contributed by atoms with E-state index in [4.69, 9.17) is 63.6 Å². The number of fused-ring (bicyclic) bond motifs is 16. The normalized spacial score (nSPS) is 25.7. The van der Waals surface area contributed by atoms with Crippen molar-refractivity contribution in [3.63, 3.8) is 0 Å². The second-order valence-corrected chi connectivity index (χ2v) is 29.8. The van der Waals surface area contributed by atoms with Crippen LogP contribution >= 0.6 is 56.7 Å². The first-order chi connectivity index (χ1) is 50.1. The lowest BCUT2D eigenvalue weighted by Crippen LogP contribution is -2.58. The summed E-state index contributed by atoms with van der Waals surface area (Å²) in [6.45, 7) is 7.84. The van der Waals surface area contributed by atoms with Crippen molar-refractivity contribution in [2.45, 2.75) is 114 Å². The van der Waals surface area contributed by atoms with E-state index in [1.54, 1.807) is 29.8 Å². The van der Waals surface area contributed by atoms with E-state index < -0.39 is 121 Å². The number of cyclic esters (lactones) is 2. The smallest absolute Gasteiger partial charge is 0.355 e. The number of primary amides is 1. The number of nitrogens with one attached hydrogen (secondary N) is 5. The van der Waals surface area contributed by atoms with Gasteiger partial charge in [0, 0.05) is 80.2 Å². The maximum absolute atomic E-state index is 15.5. The number of pyridine rings is 2. The zero-order valence-corrected chi connectivity index (χ0v) is 60.1. The highest BCUT2D eigenvalue weighted by Crippen LogP contribution is 2.49. The molecule has 5 amide bonds. The lowest BCUT2D eigenvalue weighted by Gasteiger charge is -2.45. The van der Waals surface area contributed by atoms with Crippen molar-refractivity contribution in [3.8, 4) is 38.4 Å². The number of anilines is 1. The Morgan fingerprint density at radius 3 is 2.28 bits per heavy atom. The topological polar surface area (TPSA) is 420 Å². The summed E-state index contributed by atoms with van der Waals surface area (Å²) in [5.74, 6) is -5.75. The van der Waals surface area contributed by atoms with Gasteiger partial charge in [0.25, 0.3) is 23.6 Å². The molecule has 32 nitrogen and oxygen atoms in total. The number of benzene rings is 1. The summed E-state index contributed by atoms with van der Waals surface area (Å²) in [5, 5.41) is 42.2. The highest BCUT2D eigenvalue weighted by molar-refractivity contribution is 7.14. The molecule has 6 aliphatic rings. The average Bonchev–Trinajstić information content (AvgIpc) is 1.63. The number of ether oxygens (including phenoxy) is 8. The van der Waals surface area contributed by atoms with Gasteiger partial charge in [0.15, 0.2) is 12.4 Å².